The zero-order chi connectivity index (χ0) is 11.7. The van der Waals surface area contributed by atoms with E-state index in [2.05, 4.69) is 15.9 Å². The number of nitro groups is 1. The van der Waals surface area contributed by atoms with Gasteiger partial charge in [-0.05, 0) is 13.0 Å². The maximum atomic E-state index is 10.9. The average molecular weight is 282 g/mol. The average Bonchev–Trinajstić information content (AvgIpc) is 2.28. The number of rotatable bonds is 2. The molecule has 0 bridgehead atoms. The van der Waals surface area contributed by atoms with Gasteiger partial charge in [0.15, 0.2) is 12.4 Å². The van der Waals surface area contributed by atoms with Gasteiger partial charge in [-0.25, -0.2) is 4.57 Å². The number of nitro benzene ring substituents is 1. The molecule has 1 heterocycles. The smallest absolute Gasteiger partial charge is 0.258 e. The van der Waals surface area contributed by atoms with Crippen LogP contribution >= 0.6 is 15.9 Å². The molecule has 0 aliphatic heterocycles. The molecule has 0 fully saturated rings. The Kier molecular flexibility index (Phi) is 2.87. The Bertz CT molecular complexity index is 569. The normalized spacial score (nSPS) is 10.6. The summed E-state index contributed by atoms with van der Waals surface area (Å²) in [7, 11) is 0. The predicted molar refractivity (Wildman–Crippen MR) is 64.2 cm³/mol. The molecule has 0 saturated carbocycles. The first-order chi connectivity index (χ1) is 7.63. The van der Waals surface area contributed by atoms with Crippen molar-refractivity contribution in [3.63, 3.8) is 0 Å². The monoisotopic (exact) mass is 281 g/mol. The summed E-state index contributed by atoms with van der Waals surface area (Å²) in [6, 6.07) is 5.11. The molecule has 0 aliphatic rings. The van der Waals surface area contributed by atoms with Crippen LogP contribution in [0.2, 0.25) is 0 Å². The van der Waals surface area contributed by atoms with Gasteiger partial charge in [0.25, 0.3) is 5.69 Å². The van der Waals surface area contributed by atoms with Crippen LogP contribution in [-0.4, -0.2) is 4.92 Å². The number of benzene rings is 1. The van der Waals surface area contributed by atoms with E-state index in [-0.39, 0.29) is 10.6 Å². The molecule has 2 rings (SSSR count). The molecule has 0 atom stereocenters. The van der Waals surface area contributed by atoms with Crippen LogP contribution in [0.15, 0.2) is 35.1 Å². The van der Waals surface area contributed by atoms with Crippen molar-refractivity contribution < 1.29 is 9.49 Å². The van der Waals surface area contributed by atoms with E-state index in [1.165, 1.54) is 6.07 Å². The van der Waals surface area contributed by atoms with Gasteiger partial charge >= 0.3 is 0 Å². The van der Waals surface area contributed by atoms with E-state index in [9.17, 15) is 10.1 Å². The lowest BCUT2D eigenvalue weighted by Crippen LogP contribution is -2.30. The minimum absolute atomic E-state index is 0.140. The second kappa shape index (κ2) is 4.17. The maximum Gasteiger partial charge on any atom is 0.283 e. The Hall–Kier alpha value is -1.49. The standard InChI is InChI=1S/C11H10BrN2O2/c1-2-13-6-5-8-9(7-13)11(14(15)16)4-3-10(8)12/h3-7H,2H2,1H3/q+1. The van der Waals surface area contributed by atoms with E-state index in [4.69, 9.17) is 0 Å². The Balaban J connectivity index is 2.83. The highest BCUT2D eigenvalue weighted by molar-refractivity contribution is 9.10. The largest absolute Gasteiger partial charge is 0.283 e. The summed E-state index contributed by atoms with van der Waals surface area (Å²) in [6.07, 6.45) is 3.72. The molecule has 0 saturated heterocycles. The number of aromatic nitrogens is 1. The Morgan fingerprint density at radius 2 is 2.12 bits per heavy atom. The molecule has 0 unspecified atom stereocenters. The fourth-order valence-corrected chi connectivity index (χ4v) is 2.12. The van der Waals surface area contributed by atoms with Crippen LogP contribution in [0.3, 0.4) is 0 Å². The van der Waals surface area contributed by atoms with Crippen molar-refractivity contribution in [3.8, 4) is 0 Å². The van der Waals surface area contributed by atoms with Gasteiger partial charge in [0, 0.05) is 22.0 Å². The van der Waals surface area contributed by atoms with Gasteiger partial charge in [0.1, 0.15) is 11.9 Å². The molecule has 1 aromatic heterocycles. The highest BCUT2D eigenvalue weighted by atomic mass is 79.9. The van der Waals surface area contributed by atoms with Gasteiger partial charge in [-0.1, -0.05) is 15.9 Å². The minimum atomic E-state index is -0.352. The number of aryl methyl sites for hydroxylation is 1. The number of pyridine rings is 1. The summed E-state index contributed by atoms with van der Waals surface area (Å²) in [5, 5.41) is 12.4. The molecule has 4 nitrogen and oxygen atoms in total. The van der Waals surface area contributed by atoms with Crippen molar-refractivity contribution in [1.29, 1.82) is 0 Å². The second-order valence-corrected chi connectivity index (χ2v) is 4.28. The molecule has 0 amide bonds. The molecular formula is C11H10BrN2O2+. The molecule has 82 valence electrons. The summed E-state index contributed by atoms with van der Waals surface area (Å²) in [6.45, 7) is 2.79. The van der Waals surface area contributed by atoms with E-state index in [1.54, 1.807) is 12.3 Å². The first kappa shape index (κ1) is 11.0. The number of hydrogen-bond acceptors (Lipinski definition) is 2. The SMILES string of the molecule is CC[n+]1ccc2c(Br)ccc([N+](=O)[O-])c2c1. The third kappa shape index (κ3) is 1.78. The number of halogens is 1. The molecule has 0 spiro atoms. The van der Waals surface area contributed by atoms with E-state index < -0.39 is 0 Å². The van der Waals surface area contributed by atoms with Crippen molar-refractivity contribution in [3.05, 3.63) is 45.2 Å². The van der Waals surface area contributed by atoms with Gasteiger partial charge in [0.2, 0.25) is 0 Å². The minimum Gasteiger partial charge on any atom is -0.258 e. The van der Waals surface area contributed by atoms with Crippen LogP contribution in [0.25, 0.3) is 10.8 Å². The van der Waals surface area contributed by atoms with Crippen LogP contribution in [0.4, 0.5) is 5.69 Å². The van der Waals surface area contributed by atoms with Gasteiger partial charge in [-0.15, -0.1) is 0 Å². The zero-order valence-electron chi connectivity index (χ0n) is 8.68. The van der Waals surface area contributed by atoms with E-state index in [0.717, 1.165) is 16.4 Å². The van der Waals surface area contributed by atoms with Crippen LogP contribution < -0.4 is 4.57 Å². The van der Waals surface area contributed by atoms with Crippen molar-refractivity contribution >= 4 is 32.4 Å². The topological polar surface area (TPSA) is 47.0 Å². The van der Waals surface area contributed by atoms with Crippen LogP contribution in [0.5, 0.6) is 0 Å². The summed E-state index contributed by atoms with van der Waals surface area (Å²) in [5.74, 6) is 0. The van der Waals surface area contributed by atoms with Gasteiger partial charge in [-0.2, -0.15) is 0 Å². The molecule has 2 aromatic rings. The van der Waals surface area contributed by atoms with Gasteiger partial charge in [0.05, 0.1) is 4.92 Å². The molecule has 0 N–H and O–H groups in total. The first-order valence-corrected chi connectivity index (χ1v) is 5.68. The number of nitrogens with zero attached hydrogens (tertiary/aromatic N) is 2. The Morgan fingerprint density at radius 3 is 2.75 bits per heavy atom. The van der Waals surface area contributed by atoms with Crippen molar-refractivity contribution in [2.45, 2.75) is 13.5 Å². The van der Waals surface area contributed by atoms with E-state index >= 15 is 0 Å². The van der Waals surface area contributed by atoms with Crippen molar-refractivity contribution in [2.24, 2.45) is 0 Å². The summed E-state index contributed by atoms with van der Waals surface area (Å²) in [5.41, 5.74) is 0.140. The fourth-order valence-electron chi connectivity index (χ4n) is 1.64. The Labute approximate surface area is 101 Å². The highest BCUT2D eigenvalue weighted by Gasteiger charge is 2.16. The fraction of sp³-hybridized carbons (Fsp3) is 0.182. The second-order valence-electron chi connectivity index (χ2n) is 3.43. The lowest BCUT2D eigenvalue weighted by molar-refractivity contribution is -0.692. The molecule has 5 heteroatoms. The van der Waals surface area contributed by atoms with Crippen LogP contribution in [-0.2, 0) is 6.54 Å². The molecule has 0 aliphatic carbocycles. The summed E-state index contributed by atoms with van der Waals surface area (Å²) >= 11 is 3.39. The van der Waals surface area contributed by atoms with Crippen molar-refractivity contribution in [1.82, 2.24) is 0 Å². The number of hydrogen-bond donors (Lipinski definition) is 0. The first-order valence-electron chi connectivity index (χ1n) is 4.89. The van der Waals surface area contributed by atoms with E-state index in [1.807, 2.05) is 23.8 Å². The maximum absolute atomic E-state index is 10.9. The lowest BCUT2D eigenvalue weighted by Gasteiger charge is -2.00. The molecule has 16 heavy (non-hydrogen) atoms. The van der Waals surface area contributed by atoms with Crippen LogP contribution in [0.1, 0.15) is 6.92 Å². The predicted octanol–water partition coefficient (Wildman–Crippen LogP) is 2.82. The lowest BCUT2D eigenvalue weighted by atomic mass is 10.1. The number of fused-ring (bicyclic) bond motifs is 1. The van der Waals surface area contributed by atoms with E-state index in [0.29, 0.717) is 5.39 Å². The number of non-ortho nitro benzene ring substituents is 1. The van der Waals surface area contributed by atoms with Gasteiger partial charge in [-0.3, -0.25) is 10.1 Å². The quantitative estimate of drug-likeness (QED) is 0.483. The molecule has 1 aromatic carbocycles. The molecular weight excluding hydrogens is 272 g/mol. The third-order valence-electron chi connectivity index (χ3n) is 2.50. The van der Waals surface area contributed by atoms with Crippen molar-refractivity contribution in [2.75, 3.05) is 0 Å². The van der Waals surface area contributed by atoms with Crippen LogP contribution in [0, 0.1) is 10.1 Å². The molecule has 0 radical (unpaired) electrons. The van der Waals surface area contributed by atoms with Gasteiger partial charge < -0.3 is 0 Å². The summed E-state index contributed by atoms with van der Waals surface area (Å²) < 4.78 is 2.79. The zero-order valence-corrected chi connectivity index (χ0v) is 10.3. The highest BCUT2D eigenvalue weighted by Crippen LogP contribution is 2.30. The third-order valence-corrected chi connectivity index (χ3v) is 3.19. The summed E-state index contributed by atoms with van der Waals surface area (Å²) in [4.78, 5) is 10.6. The Morgan fingerprint density at radius 1 is 1.38 bits per heavy atom.